The molecule has 0 amide bonds. The van der Waals surface area contributed by atoms with Crippen molar-refractivity contribution < 1.29 is 9.13 Å². The highest BCUT2D eigenvalue weighted by Gasteiger charge is 2.10. The molecule has 0 radical (unpaired) electrons. The Bertz CT molecular complexity index is 321. The molecule has 0 aliphatic heterocycles. The summed E-state index contributed by atoms with van der Waals surface area (Å²) in [6, 6.07) is 2.66. The summed E-state index contributed by atoms with van der Waals surface area (Å²) in [4.78, 5) is 9.96. The Morgan fingerprint density at radius 2 is 2.29 bits per heavy atom. The number of rotatable bonds is 4. The molecule has 0 atom stereocenters. The molecule has 14 heavy (non-hydrogen) atoms. The topological polar surface area (TPSA) is 38.7 Å². The third-order valence-corrected chi connectivity index (χ3v) is 1.87. The third-order valence-electron chi connectivity index (χ3n) is 1.59. The summed E-state index contributed by atoms with van der Waals surface area (Å²) in [6.07, 6.45) is 0. The lowest BCUT2D eigenvalue weighted by molar-refractivity contribution is 0.321. The second-order valence-electron chi connectivity index (χ2n) is 2.61. The quantitative estimate of drug-likeness (QED) is 0.727. The van der Waals surface area contributed by atoms with Crippen LogP contribution in [0, 0.1) is 10.7 Å². The highest BCUT2D eigenvalue weighted by atomic mass is 35.5. The van der Waals surface area contributed by atoms with Crippen molar-refractivity contribution in [1.82, 2.24) is 0 Å². The number of hydrogen-bond donors (Lipinski definition) is 0. The normalized spacial score (nSPS) is 9.93. The average molecular weight is 218 g/mol. The molecule has 0 aliphatic rings. The molecule has 0 bridgehead atoms. The first-order valence-corrected chi connectivity index (χ1v) is 4.46. The van der Waals surface area contributed by atoms with Crippen molar-refractivity contribution in [2.75, 3.05) is 6.61 Å². The third kappa shape index (κ3) is 2.42. The molecule has 1 aromatic carbocycles. The van der Waals surface area contributed by atoms with Gasteiger partial charge < -0.3 is 4.74 Å². The zero-order chi connectivity index (χ0) is 10.6. The molecular formula is C9H9ClFNO2. The second-order valence-corrected chi connectivity index (χ2v) is 3.02. The number of halogens is 2. The smallest absolute Gasteiger partial charge is 0.173 e. The molecule has 0 fully saturated rings. The molecular weight excluding hydrogens is 209 g/mol. The van der Waals surface area contributed by atoms with Gasteiger partial charge in [0.2, 0.25) is 0 Å². The molecule has 0 aromatic heterocycles. The first kappa shape index (κ1) is 10.9. The van der Waals surface area contributed by atoms with Gasteiger partial charge in [-0.3, -0.25) is 0 Å². The Morgan fingerprint density at radius 3 is 2.79 bits per heavy atom. The van der Waals surface area contributed by atoms with E-state index in [1.165, 1.54) is 12.1 Å². The average Bonchev–Trinajstić information content (AvgIpc) is 2.12. The number of nitrogens with zero attached hydrogens (tertiary/aromatic N) is 1. The van der Waals surface area contributed by atoms with Crippen LogP contribution in [0.3, 0.4) is 0 Å². The minimum Gasteiger partial charge on any atom is -0.489 e. The fraction of sp³-hybridized carbons (Fsp3) is 0.333. The lowest BCUT2D eigenvalue weighted by atomic mass is 10.2. The molecule has 5 heteroatoms. The van der Waals surface area contributed by atoms with Crippen molar-refractivity contribution in [2.45, 2.75) is 13.5 Å². The summed E-state index contributed by atoms with van der Waals surface area (Å²) in [5.74, 6) is -0.554. The van der Waals surface area contributed by atoms with Crippen molar-refractivity contribution >= 4 is 11.6 Å². The maximum Gasteiger partial charge on any atom is 0.173 e. The van der Waals surface area contributed by atoms with Crippen LogP contribution in [0.5, 0.6) is 5.75 Å². The first-order chi connectivity index (χ1) is 6.69. The van der Waals surface area contributed by atoms with E-state index in [9.17, 15) is 9.30 Å². The summed E-state index contributed by atoms with van der Waals surface area (Å²) < 4.78 is 18.3. The minimum atomic E-state index is -0.571. The molecule has 0 saturated heterocycles. The van der Waals surface area contributed by atoms with Crippen molar-refractivity contribution in [3.63, 3.8) is 0 Å². The van der Waals surface area contributed by atoms with Gasteiger partial charge in [-0.2, -0.15) is 4.91 Å². The molecule has 0 saturated carbocycles. The maximum absolute atomic E-state index is 13.3. The van der Waals surface area contributed by atoms with E-state index in [-0.39, 0.29) is 17.3 Å². The molecule has 76 valence electrons. The van der Waals surface area contributed by atoms with E-state index in [1.54, 1.807) is 6.92 Å². The van der Waals surface area contributed by atoms with Gasteiger partial charge in [-0.25, -0.2) is 4.39 Å². The Morgan fingerprint density at radius 1 is 1.57 bits per heavy atom. The Balaban J connectivity index is 3.04. The fourth-order valence-corrected chi connectivity index (χ4v) is 1.35. The zero-order valence-corrected chi connectivity index (χ0v) is 8.34. The number of ether oxygens (including phenoxy) is 1. The van der Waals surface area contributed by atoms with E-state index in [4.69, 9.17) is 16.3 Å². The maximum atomic E-state index is 13.3. The van der Waals surface area contributed by atoms with Crippen LogP contribution < -0.4 is 4.74 Å². The van der Waals surface area contributed by atoms with Crippen LogP contribution in [0.2, 0.25) is 5.02 Å². The molecule has 3 nitrogen and oxygen atoms in total. The Kier molecular flexibility index (Phi) is 3.83. The summed E-state index contributed by atoms with van der Waals surface area (Å²) in [5, 5.41) is 2.81. The molecule has 1 aromatic rings. The van der Waals surface area contributed by atoms with Gasteiger partial charge in [0, 0.05) is 0 Å². The van der Waals surface area contributed by atoms with Gasteiger partial charge in [-0.05, 0) is 24.6 Å². The largest absolute Gasteiger partial charge is 0.489 e. The van der Waals surface area contributed by atoms with Crippen molar-refractivity contribution in [2.24, 2.45) is 5.18 Å². The minimum absolute atomic E-state index is 0.0174. The predicted molar refractivity (Wildman–Crippen MR) is 52.1 cm³/mol. The standard InChI is InChI=1S/C9H9ClFNO2/c1-2-14-9-7(10)3-6(5-12-13)4-8(9)11/h3-4H,2,5H2,1H3. The molecule has 0 aliphatic carbocycles. The van der Waals surface area contributed by atoms with Gasteiger partial charge in [0.15, 0.2) is 11.6 Å². The highest BCUT2D eigenvalue weighted by molar-refractivity contribution is 6.32. The van der Waals surface area contributed by atoms with Gasteiger partial charge in [0.25, 0.3) is 0 Å². The summed E-state index contributed by atoms with van der Waals surface area (Å²) in [6.45, 7) is 1.97. The Hall–Kier alpha value is -1.16. The van der Waals surface area contributed by atoms with Crippen LogP contribution in [0.25, 0.3) is 0 Å². The lowest BCUT2D eigenvalue weighted by Gasteiger charge is -2.07. The van der Waals surface area contributed by atoms with Crippen LogP contribution in [0.4, 0.5) is 4.39 Å². The molecule has 0 unspecified atom stereocenters. The van der Waals surface area contributed by atoms with Gasteiger partial charge >= 0.3 is 0 Å². The number of hydrogen-bond acceptors (Lipinski definition) is 3. The predicted octanol–water partition coefficient (Wildman–Crippen LogP) is 3.14. The second kappa shape index (κ2) is 4.91. The SMILES string of the molecule is CCOc1c(F)cc(CN=O)cc1Cl. The summed E-state index contributed by atoms with van der Waals surface area (Å²) >= 11 is 5.74. The van der Waals surface area contributed by atoms with E-state index >= 15 is 0 Å². The fourth-order valence-electron chi connectivity index (χ4n) is 1.06. The van der Waals surface area contributed by atoms with Gasteiger partial charge in [0.1, 0.15) is 6.54 Å². The summed E-state index contributed by atoms with van der Waals surface area (Å²) in [7, 11) is 0. The summed E-state index contributed by atoms with van der Waals surface area (Å²) in [5.41, 5.74) is 0.436. The van der Waals surface area contributed by atoms with Crippen molar-refractivity contribution in [1.29, 1.82) is 0 Å². The monoisotopic (exact) mass is 217 g/mol. The van der Waals surface area contributed by atoms with Crippen molar-refractivity contribution in [3.05, 3.63) is 33.4 Å². The number of benzene rings is 1. The van der Waals surface area contributed by atoms with Crippen molar-refractivity contribution in [3.8, 4) is 5.75 Å². The molecule has 0 heterocycles. The van der Waals surface area contributed by atoms with E-state index in [1.807, 2.05) is 0 Å². The van der Waals surface area contributed by atoms with E-state index < -0.39 is 5.82 Å². The molecule has 0 N–H and O–H groups in total. The zero-order valence-electron chi connectivity index (χ0n) is 7.59. The van der Waals surface area contributed by atoms with E-state index in [2.05, 4.69) is 5.18 Å². The van der Waals surface area contributed by atoms with Crippen LogP contribution in [-0.2, 0) is 6.54 Å². The highest BCUT2D eigenvalue weighted by Crippen LogP contribution is 2.29. The van der Waals surface area contributed by atoms with E-state index in [0.29, 0.717) is 12.2 Å². The molecule has 0 spiro atoms. The van der Waals surface area contributed by atoms with Crippen LogP contribution in [-0.4, -0.2) is 6.61 Å². The van der Waals surface area contributed by atoms with Gasteiger partial charge in [-0.15, -0.1) is 0 Å². The molecule has 1 rings (SSSR count). The number of nitroso groups, excluding NO2 is 1. The lowest BCUT2D eigenvalue weighted by Crippen LogP contribution is -1.96. The van der Waals surface area contributed by atoms with Crippen LogP contribution in [0.1, 0.15) is 12.5 Å². The van der Waals surface area contributed by atoms with Crippen LogP contribution in [0.15, 0.2) is 17.3 Å². The first-order valence-electron chi connectivity index (χ1n) is 4.08. The van der Waals surface area contributed by atoms with Gasteiger partial charge in [-0.1, -0.05) is 16.8 Å². The van der Waals surface area contributed by atoms with E-state index in [0.717, 1.165) is 0 Å². The van der Waals surface area contributed by atoms with Crippen LogP contribution >= 0.6 is 11.6 Å². The Labute approximate surface area is 85.8 Å². The van der Waals surface area contributed by atoms with Gasteiger partial charge in [0.05, 0.1) is 11.6 Å².